The molecule has 69 valence electrons. The van der Waals surface area contributed by atoms with Crippen molar-refractivity contribution in [3.8, 4) is 11.4 Å². The molecule has 3 nitrogen and oxygen atoms in total. The summed E-state index contributed by atoms with van der Waals surface area (Å²) in [5, 5.41) is 8.27. The van der Waals surface area contributed by atoms with Crippen molar-refractivity contribution in [1.82, 2.24) is 15.2 Å². The number of aromatic nitrogens is 3. The fourth-order valence-electron chi connectivity index (χ4n) is 1.49. The van der Waals surface area contributed by atoms with Crippen LogP contribution in [0.5, 0.6) is 0 Å². The standard InChI is InChI=1S/C11H10N3/c1-2-4-8(5-3-1)10-12-11(14-13-10)9-6-7-9/h2-5,9H,6-7H2,(H,12,13,14). The van der Waals surface area contributed by atoms with Crippen LogP contribution in [0.15, 0.2) is 24.3 Å². The maximum Gasteiger partial charge on any atom is 0.161 e. The summed E-state index contributed by atoms with van der Waals surface area (Å²) in [4.78, 5) is 3.26. The highest BCUT2D eigenvalue weighted by molar-refractivity contribution is 5.53. The van der Waals surface area contributed by atoms with Gasteiger partial charge >= 0.3 is 0 Å². The van der Waals surface area contributed by atoms with Gasteiger partial charge in [-0.25, -0.2) is 0 Å². The van der Waals surface area contributed by atoms with Crippen LogP contribution in [0.25, 0.3) is 11.4 Å². The Kier molecular flexibility index (Phi) is 1.63. The van der Waals surface area contributed by atoms with Crippen molar-refractivity contribution in [1.29, 1.82) is 0 Å². The molecule has 0 bridgehead atoms. The fourth-order valence-corrected chi connectivity index (χ4v) is 1.49. The van der Waals surface area contributed by atoms with Crippen LogP contribution < -0.4 is 0 Å². The van der Waals surface area contributed by atoms with Gasteiger partial charge in [0.2, 0.25) is 0 Å². The number of benzene rings is 1. The number of aromatic amines is 1. The van der Waals surface area contributed by atoms with Crippen LogP contribution in [0.4, 0.5) is 0 Å². The summed E-state index contributed by atoms with van der Waals surface area (Å²) >= 11 is 0. The summed E-state index contributed by atoms with van der Waals surface area (Å²) < 4.78 is 0. The third-order valence-electron chi connectivity index (χ3n) is 2.46. The van der Waals surface area contributed by atoms with Gasteiger partial charge in [-0.2, -0.15) is 0 Å². The van der Waals surface area contributed by atoms with Gasteiger partial charge in [-0.15, -0.1) is 10.2 Å². The molecule has 1 aromatic heterocycles. The van der Waals surface area contributed by atoms with Crippen molar-refractivity contribution < 1.29 is 0 Å². The Morgan fingerprint density at radius 3 is 2.71 bits per heavy atom. The summed E-state index contributed by atoms with van der Waals surface area (Å²) in [5.41, 5.74) is 1.07. The Balaban J connectivity index is 1.96. The van der Waals surface area contributed by atoms with Crippen molar-refractivity contribution in [2.24, 2.45) is 0 Å². The number of nitrogens with one attached hydrogen (secondary N) is 1. The molecule has 1 heterocycles. The van der Waals surface area contributed by atoms with Gasteiger partial charge in [0.25, 0.3) is 0 Å². The van der Waals surface area contributed by atoms with Crippen LogP contribution in [0.2, 0.25) is 0 Å². The topological polar surface area (TPSA) is 41.6 Å². The van der Waals surface area contributed by atoms with Crippen molar-refractivity contribution in [2.75, 3.05) is 0 Å². The molecule has 2 aromatic rings. The van der Waals surface area contributed by atoms with Crippen LogP contribution in [0.1, 0.15) is 24.6 Å². The molecule has 0 aliphatic heterocycles. The molecule has 0 spiro atoms. The number of H-pyrrole nitrogens is 1. The molecule has 3 rings (SSSR count). The first-order chi connectivity index (χ1) is 6.93. The van der Waals surface area contributed by atoms with Gasteiger partial charge < -0.3 is 4.98 Å². The van der Waals surface area contributed by atoms with E-state index >= 15 is 0 Å². The first-order valence-corrected chi connectivity index (χ1v) is 4.82. The largest absolute Gasteiger partial charge is 0.325 e. The Bertz CT molecular complexity index is 429. The van der Waals surface area contributed by atoms with Gasteiger partial charge in [-0.05, 0) is 18.9 Å². The zero-order valence-corrected chi connectivity index (χ0v) is 7.70. The second-order valence-corrected chi connectivity index (χ2v) is 3.62. The van der Waals surface area contributed by atoms with E-state index in [4.69, 9.17) is 0 Å². The summed E-state index contributed by atoms with van der Waals surface area (Å²) in [6.07, 6.45) is 2.49. The lowest BCUT2D eigenvalue weighted by Gasteiger charge is -1.92. The third-order valence-corrected chi connectivity index (χ3v) is 2.46. The second-order valence-electron chi connectivity index (χ2n) is 3.62. The molecule has 0 amide bonds. The average Bonchev–Trinajstić information content (AvgIpc) is 2.98. The van der Waals surface area contributed by atoms with E-state index in [1.807, 2.05) is 24.3 Å². The van der Waals surface area contributed by atoms with E-state index in [1.54, 1.807) is 0 Å². The lowest BCUT2D eigenvalue weighted by Crippen LogP contribution is -1.81. The lowest BCUT2D eigenvalue weighted by atomic mass is 10.2. The first kappa shape index (κ1) is 7.74. The molecule has 1 N–H and O–H groups in total. The van der Waals surface area contributed by atoms with Crippen LogP contribution in [-0.2, 0) is 0 Å². The Hall–Kier alpha value is -1.64. The van der Waals surface area contributed by atoms with Gasteiger partial charge in [0.1, 0.15) is 5.82 Å². The maximum atomic E-state index is 4.14. The zero-order chi connectivity index (χ0) is 9.38. The summed E-state index contributed by atoms with van der Waals surface area (Å²) in [7, 11) is 0. The molecule has 1 radical (unpaired) electrons. The molecule has 0 atom stereocenters. The van der Waals surface area contributed by atoms with Crippen molar-refractivity contribution in [3.63, 3.8) is 0 Å². The smallest absolute Gasteiger partial charge is 0.161 e. The fraction of sp³-hybridized carbons (Fsp3) is 0.273. The first-order valence-electron chi connectivity index (χ1n) is 4.82. The minimum Gasteiger partial charge on any atom is -0.325 e. The van der Waals surface area contributed by atoms with Crippen molar-refractivity contribution >= 4 is 0 Å². The molecule has 1 aliphatic carbocycles. The number of rotatable bonds is 2. The van der Waals surface area contributed by atoms with E-state index < -0.39 is 0 Å². The molecule has 14 heavy (non-hydrogen) atoms. The summed E-state index contributed by atoms with van der Waals surface area (Å²) in [6, 6.07) is 10.7. The molecule has 3 heteroatoms. The minimum atomic E-state index is 0.631. The van der Waals surface area contributed by atoms with Crippen molar-refractivity contribution in [3.05, 3.63) is 36.2 Å². The SMILES string of the molecule is [c]1ccc(-c2nnc(C3CC3)[nH]2)cc1. The Morgan fingerprint density at radius 2 is 2.00 bits per heavy atom. The molecular formula is C11H10N3. The summed E-state index contributed by atoms with van der Waals surface area (Å²) in [6.45, 7) is 0. The van der Waals surface area contributed by atoms with Crippen LogP contribution in [-0.4, -0.2) is 15.2 Å². The normalized spacial score (nSPS) is 15.7. The zero-order valence-electron chi connectivity index (χ0n) is 7.70. The summed E-state index contributed by atoms with van der Waals surface area (Å²) in [5.74, 6) is 2.53. The predicted molar refractivity (Wildman–Crippen MR) is 52.6 cm³/mol. The van der Waals surface area contributed by atoms with Crippen LogP contribution in [0, 0.1) is 6.07 Å². The van der Waals surface area contributed by atoms with E-state index in [0.29, 0.717) is 5.92 Å². The Labute approximate surface area is 82.2 Å². The number of nitrogens with zero attached hydrogens (tertiary/aromatic N) is 2. The van der Waals surface area contributed by atoms with E-state index in [-0.39, 0.29) is 0 Å². The predicted octanol–water partition coefficient (Wildman–Crippen LogP) is 2.15. The number of hydrogen-bond donors (Lipinski definition) is 1. The maximum absolute atomic E-state index is 4.14. The molecule has 0 saturated heterocycles. The van der Waals surface area contributed by atoms with E-state index in [9.17, 15) is 0 Å². The van der Waals surface area contributed by atoms with Gasteiger partial charge in [0, 0.05) is 11.5 Å². The Morgan fingerprint density at radius 1 is 1.21 bits per heavy atom. The molecular weight excluding hydrogens is 174 g/mol. The molecule has 1 aromatic carbocycles. The lowest BCUT2D eigenvalue weighted by molar-refractivity contribution is 0.935. The van der Waals surface area contributed by atoms with Gasteiger partial charge in [-0.1, -0.05) is 24.3 Å². The average molecular weight is 184 g/mol. The second kappa shape index (κ2) is 2.94. The van der Waals surface area contributed by atoms with Gasteiger partial charge in [0.15, 0.2) is 5.82 Å². The van der Waals surface area contributed by atoms with Crippen molar-refractivity contribution in [2.45, 2.75) is 18.8 Å². The molecule has 1 saturated carbocycles. The molecule has 0 unspecified atom stereocenters. The van der Waals surface area contributed by atoms with Crippen LogP contribution in [0.3, 0.4) is 0 Å². The van der Waals surface area contributed by atoms with E-state index in [1.165, 1.54) is 12.8 Å². The highest BCUT2D eigenvalue weighted by Crippen LogP contribution is 2.38. The van der Waals surface area contributed by atoms with Gasteiger partial charge in [0.05, 0.1) is 0 Å². The van der Waals surface area contributed by atoms with Crippen LogP contribution >= 0.6 is 0 Å². The highest BCUT2D eigenvalue weighted by Gasteiger charge is 2.27. The van der Waals surface area contributed by atoms with E-state index in [0.717, 1.165) is 17.2 Å². The highest BCUT2D eigenvalue weighted by atomic mass is 15.2. The minimum absolute atomic E-state index is 0.631. The molecule has 1 aliphatic rings. The molecule has 1 fully saturated rings. The monoisotopic (exact) mass is 184 g/mol. The van der Waals surface area contributed by atoms with E-state index in [2.05, 4.69) is 21.2 Å². The third kappa shape index (κ3) is 1.31. The van der Waals surface area contributed by atoms with Gasteiger partial charge in [-0.3, -0.25) is 0 Å². The number of hydrogen-bond acceptors (Lipinski definition) is 2. The quantitative estimate of drug-likeness (QED) is 0.777.